The predicted molar refractivity (Wildman–Crippen MR) is 154 cm³/mol. The van der Waals surface area contributed by atoms with Gasteiger partial charge in [0, 0.05) is 32.1 Å². The van der Waals surface area contributed by atoms with Gasteiger partial charge in [-0.05, 0) is 52.1 Å². The van der Waals surface area contributed by atoms with Crippen LogP contribution in [0.4, 0.5) is 0 Å². The standard InChI is InChI=1S/C32H35N3O4/c1-35(16-15-26-9-4-5-12-30(26)39-18-17-36)32(38)29(34-31(37)28-11-6-7-24(20-28)22-33)21-23-13-14-25-8-2-3-10-27(25)19-23/h2-14,19-20,29,36H,15-18,21-22,33H2,1H3,(H,34,37)/t29-/m1/s1. The molecule has 4 rings (SSSR count). The molecule has 0 aliphatic rings. The number of aliphatic hydroxyl groups excluding tert-OH is 1. The molecule has 2 amide bonds. The van der Waals surface area contributed by atoms with Gasteiger partial charge in [0.25, 0.3) is 5.91 Å². The van der Waals surface area contributed by atoms with E-state index in [1.54, 1.807) is 30.1 Å². The molecule has 202 valence electrons. The number of benzene rings is 4. The summed E-state index contributed by atoms with van der Waals surface area (Å²) < 4.78 is 5.64. The van der Waals surface area contributed by atoms with Crippen molar-refractivity contribution >= 4 is 22.6 Å². The van der Waals surface area contributed by atoms with Crippen LogP contribution in [-0.4, -0.2) is 54.7 Å². The first kappa shape index (κ1) is 27.8. The molecule has 1 atom stereocenters. The Hall–Kier alpha value is -4.20. The number of hydrogen-bond acceptors (Lipinski definition) is 5. The lowest BCUT2D eigenvalue weighted by molar-refractivity contribution is -0.131. The molecule has 0 aliphatic heterocycles. The largest absolute Gasteiger partial charge is 0.491 e. The van der Waals surface area contributed by atoms with Gasteiger partial charge in [0.05, 0.1) is 6.61 Å². The molecule has 0 radical (unpaired) electrons. The average Bonchev–Trinajstić information content (AvgIpc) is 2.98. The van der Waals surface area contributed by atoms with Crippen molar-refractivity contribution in [2.24, 2.45) is 5.73 Å². The molecule has 0 aliphatic carbocycles. The Morgan fingerprint density at radius 1 is 0.923 bits per heavy atom. The second kappa shape index (κ2) is 13.6. The number of carbonyl (C=O) groups excluding carboxylic acids is 2. The van der Waals surface area contributed by atoms with E-state index in [0.717, 1.165) is 27.5 Å². The number of likely N-dealkylation sites (N-methyl/N-ethyl adjacent to an activating group) is 1. The summed E-state index contributed by atoms with van der Waals surface area (Å²) in [5.41, 5.74) is 8.97. The van der Waals surface area contributed by atoms with Crippen LogP contribution < -0.4 is 15.8 Å². The van der Waals surface area contributed by atoms with E-state index in [0.29, 0.717) is 37.2 Å². The third-order valence-electron chi connectivity index (χ3n) is 6.70. The lowest BCUT2D eigenvalue weighted by Gasteiger charge is -2.25. The first-order valence-electron chi connectivity index (χ1n) is 13.1. The molecule has 0 spiro atoms. The smallest absolute Gasteiger partial charge is 0.251 e. The van der Waals surface area contributed by atoms with Crippen molar-refractivity contribution in [3.8, 4) is 5.75 Å². The number of nitrogens with two attached hydrogens (primary N) is 1. The van der Waals surface area contributed by atoms with Crippen molar-refractivity contribution in [3.05, 3.63) is 113 Å². The Morgan fingerprint density at radius 2 is 1.69 bits per heavy atom. The minimum atomic E-state index is -0.758. The lowest BCUT2D eigenvalue weighted by atomic mass is 10.00. The first-order valence-corrected chi connectivity index (χ1v) is 13.1. The Morgan fingerprint density at radius 3 is 2.49 bits per heavy atom. The minimum Gasteiger partial charge on any atom is -0.491 e. The van der Waals surface area contributed by atoms with Gasteiger partial charge in [-0.15, -0.1) is 0 Å². The van der Waals surface area contributed by atoms with Gasteiger partial charge in [-0.2, -0.15) is 0 Å². The minimum absolute atomic E-state index is 0.0724. The number of hydrogen-bond donors (Lipinski definition) is 3. The molecule has 7 nitrogen and oxygen atoms in total. The number of fused-ring (bicyclic) bond motifs is 1. The molecular weight excluding hydrogens is 490 g/mol. The van der Waals surface area contributed by atoms with Crippen molar-refractivity contribution < 1.29 is 19.4 Å². The van der Waals surface area contributed by atoms with E-state index < -0.39 is 6.04 Å². The number of amides is 2. The van der Waals surface area contributed by atoms with Gasteiger partial charge >= 0.3 is 0 Å². The van der Waals surface area contributed by atoms with Crippen LogP contribution in [0.15, 0.2) is 91.0 Å². The number of aliphatic hydroxyl groups is 1. The zero-order chi connectivity index (χ0) is 27.6. The predicted octanol–water partition coefficient (Wildman–Crippen LogP) is 3.71. The van der Waals surface area contributed by atoms with Gasteiger partial charge in [-0.3, -0.25) is 9.59 Å². The van der Waals surface area contributed by atoms with Gasteiger partial charge in [-0.25, -0.2) is 0 Å². The Bertz CT molecular complexity index is 1420. The molecule has 39 heavy (non-hydrogen) atoms. The molecule has 0 saturated heterocycles. The van der Waals surface area contributed by atoms with Gasteiger partial charge in [0.2, 0.25) is 5.91 Å². The number of rotatable bonds is 12. The summed E-state index contributed by atoms with van der Waals surface area (Å²) in [6, 6.07) is 28.1. The highest BCUT2D eigenvalue weighted by molar-refractivity contribution is 5.97. The molecule has 4 aromatic rings. The fraction of sp³-hybridized carbons (Fsp3) is 0.250. The number of para-hydroxylation sites is 1. The zero-order valence-corrected chi connectivity index (χ0v) is 22.2. The van der Waals surface area contributed by atoms with E-state index in [2.05, 4.69) is 11.4 Å². The van der Waals surface area contributed by atoms with Crippen molar-refractivity contribution in [2.45, 2.75) is 25.4 Å². The van der Waals surface area contributed by atoms with Crippen molar-refractivity contribution in [3.63, 3.8) is 0 Å². The van der Waals surface area contributed by atoms with Gasteiger partial charge in [0.15, 0.2) is 0 Å². The van der Waals surface area contributed by atoms with E-state index in [9.17, 15) is 9.59 Å². The third-order valence-corrected chi connectivity index (χ3v) is 6.70. The van der Waals surface area contributed by atoms with E-state index in [-0.39, 0.29) is 25.0 Å². The molecule has 0 bridgehead atoms. The van der Waals surface area contributed by atoms with Crippen LogP contribution in [0.25, 0.3) is 10.8 Å². The fourth-order valence-electron chi connectivity index (χ4n) is 4.55. The van der Waals surface area contributed by atoms with Crippen LogP contribution in [-0.2, 0) is 24.2 Å². The zero-order valence-electron chi connectivity index (χ0n) is 22.2. The average molecular weight is 526 g/mol. The fourth-order valence-corrected chi connectivity index (χ4v) is 4.55. The first-order chi connectivity index (χ1) is 19.0. The molecule has 0 fully saturated rings. The number of nitrogens with zero attached hydrogens (tertiary/aromatic N) is 1. The Labute approximate surface area is 229 Å². The monoisotopic (exact) mass is 525 g/mol. The second-order valence-corrected chi connectivity index (χ2v) is 9.51. The van der Waals surface area contributed by atoms with Gasteiger partial charge in [-0.1, -0.05) is 72.8 Å². The van der Waals surface area contributed by atoms with E-state index in [1.165, 1.54) is 0 Å². The van der Waals surface area contributed by atoms with Crippen LogP contribution in [0.1, 0.15) is 27.0 Å². The maximum absolute atomic E-state index is 13.7. The Balaban J connectivity index is 1.53. The van der Waals surface area contributed by atoms with Crippen LogP contribution in [0.2, 0.25) is 0 Å². The van der Waals surface area contributed by atoms with Crippen LogP contribution in [0.5, 0.6) is 5.75 Å². The molecule has 0 aromatic heterocycles. The summed E-state index contributed by atoms with van der Waals surface area (Å²) in [6.07, 6.45) is 0.922. The van der Waals surface area contributed by atoms with Gasteiger partial charge < -0.3 is 25.8 Å². The highest BCUT2D eigenvalue weighted by Crippen LogP contribution is 2.20. The molecule has 0 heterocycles. The molecular formula is C32H35N3O4. The second-order valence-electron chi connectivity index (χ2n) is 9.51. The summed E-state index contributed by atoms with van der Waals surface area (Å²) in [4.78, 5) is 28.6. The van der Waals surface area contributed by atoms with Crippen molar-refractivity contribution in [1.29, 1.82) is 0 Å². The number of nitrogens with one attached hydrogen (secondary N) is 1. The van der Waals surface area contributed by atoms with E-state index in [1.807, 2.05) is 66.7 Å². The summed E-state index contributed by atoms with van der Waals surface area (Å²) in [5, 5.41) is 14.3. The molecule has 0 saturated carbocycles. The highest BCUT2D eigenvalue weighted by Gasteiger charge is 2.25. The molecule has 4 N–H and O–H groups in total. The summed E-state index contributed by atoms with van der Waals surface area (Å²) in [5.74, 6) is 0.189. The van der Waals surface area contributed by atoms with Crippen molar-refractivity contribution in [1.82, 2.24) is 10.2 Å². The Kier molecular flexibility index (Phi) is 9.67. The van der Waals surface area contributed by atoms with E-state index >= 15 is 0 Å². The third kappa shape index (κ3) is 7.44. The molecule has 7 heteroatoms. The van der Waals surface area contributed by atoms with E-state index in [4.69, 9.17) is 15.6 Å². The number of carbonyl (C=O) groups is 2. The van der Waals surface area contributed by atoms with Gasteiger partial charge in [0.1, 0.15) is 18.4 Å². The maximum Gasteiger partial charge on any atom is 0.251 e. The van der Waals surface area contributed by atoms with Crippen LogP contribution in [0, 0.1) is 0 Å². The summed E-state index contributed by atoms with van der Waals surface area (Å²) in [7, 11) is 1.74. The normalized spacial score (nSPS) is 11.7. The SMILES string of the molecule is CN(CCc1ccccc1OCCO)C(=O)[C@@H](Cc1ccc2ccccc2c1)NC(=O)c1cccc(CN)c1. The highest BCUT2D eigenvalue weighted by atomic mass is 16.5. The summed E-state index contributed by atoms with van der Waals surface area (Å²) in [6.45, 7) is 0.895. The quantitative estimate of drug-likeness (QED) is 0.262. The van der Waals surface area contributed by atoms with Crippen molar-refractivity contribution in [2.75, 3.05) is 26.8 Å². The lowest BCUT2D eigenvalue weighted by Crippen LogP contribution is -2.49. The van der Waals surface area contributed by atoms with Crippen LogP contribution in [0.3, 0.4) is 0 Å². The maximum atomic E-state index is 13.7. The van der Waals surface area contributed by atoms with Crippen LogP contribution >= 0.6 is 0 Å². The molecule has 0 unspecified atom stereocenters. The molecule has 4 aromatic carbocycles. The summed E-state index contributed by atoms with van der Waals surface area (Å²) >= 11 is 0. The topological polar surface area (TPSA) is 105 Å². The number of ether oxygens (including phenoxy) is 1.